The molecule has 0 saturated heterocycles. The number of Topliss-reactive ketones (excluding diaryl/α,β-unsaturated/α-hetero) is 1. The van der Waals surface area contributed by atoms with Gasteiger partial charge in [0.15, 0.2) is 5.78 Å². The van der Waals surface area contributed by atoms with E-state index in [0.717, 1.165) is 25.3 Å². The third-order valence-electron chi connectivity index (χ3n) is 4.59. The predicted molar refractivity (Wildman–Crippen MR) is 64.4 cm³/mol. The molecule has 2 aliphatic carbocycles. The lowest BCUT2D eigenvalue weighted by atomic mass is 9.83. The maximum Gasteiger partial charge on any atom is 0.169 e. The molecule has 2 saturated carbocycles. The largest absolute Gasteiger partial charge is 0.294 e. The van der Waals surface area contributed by atoms with Gasteiger partial charge in [-0.2, -0.15) is 0 Å². The van der Waals surface area contributed by atoms with E-state index < -0.39 is 11.6 Å². The Morgan fingerprint density at radius 1 is 1.17 bits per heavy atom. The number of ketones is 1. The molecule has 3 unspecified atom stereocenters. The van der Waals surface area contributed by atoms with Crippen LogP contribution in [0.4, 0.5) is 8.78 Å². The number of fused-ring (bicyclic) bond motifs is 2. The zero-order valence-electron chi connectivity index (χ0n) is 10.4. The third kappa shape index (κ3) is 1.76. The van der Waals surface area contributed by atoms with Crippen molar-refractivity contribution < 1.29 is 13.6 Å². The van der Waals surface area contributed by atoms with Gasteiger partial charge in [-0.05, 0) is 49.7 Å². The normalized spacial score (nSPS) is 29.8. The van der Waals surface area contributed by atoms with Crippen LogP contribution in [-0.2, 0) is 0 Å². The second-order valence-corrected chi connectivity index (χ2v) is 5.73. The molecule has 1 nitrogen and oxygen atoms in total. The van der Waals surface area contributed by atoms with E-state index in [1.54, 1.807) is 6.92 Å². The lowest BCUT2D eigenvalue weighted by Crippen LogP contribution is -2.22. The van der Waals surface area contributed by atoms with Crippen molar-refractivity contribution in [3.05, 3.63) is 34.9 Å². The van der Waals surface area contributed by atoms with E-state index in [9.17, 15) is 13.6 Å². The number of aryl methyl sites for hydroxylation is 1. The van der Waals surface area contributed by atoms with Crippen molar-refractivity contribution in [3.8, 4) is 0 Å². The number of halogens is 2. The van der Waals surface area contributed by atoms with E-state index >= 15 is 0 Å². The van der Waals surface area contributed by atoms with Crippen LogP contribution in [0.3, 0.4) is 0 Å². The van der Waals surface area contributed by atoms with Crippen LogP contribution < -0.4 is 0 Å². The zero-order valence-corrected chi connectivity index (χ0v) is 10.4. The van der Waals surface area contributed by atoms with Crippen LogP contribution in [0.1, 0.15) is 41.6 Å². The molecule has 18 heavy (non-hydrogen) atoms. The van der Waals surface area contributed by atoms with Crippen molar-refractivity contribution in [1.29, 1.82) is 0 Å². The molecule has 0 N–H and O–H groups in total. The molecule has 1 aromatic rings. The summed E-state index contributed by atoms with van der Waals surface area (Å²) < 4.78 is 26.9. The summed E-state index contributed by atoms with van der Waals surface area (Å²) in [6.07, 6.45) is 4.29. The highest BCUT2D eigenvalue weighted by molar-refractivity contribution is 5.98. The Morgan fingerprint density at radius 3 is 2.56 bits per heavy atom. The molecule has 96 valence electrons. The van der Waals surface area contributed by atoms with Gasteiger partial charge in [0.1, 0.15) is 11.6 Å². The molecule has 0 amide bonds. The highest BCUT2D eigenvalue weighted by Crippen LogP contribution is 2.49. The fourth-order valence-electron chi connectivity index (χ4n) is 3.61. The number of hydrogen-bond donors (Lipinski definition) is 0. The van der Waals surface area contributed by atoms with Crippen molar-refractivity contribution in [3.63, 3.8) is 0 Å². The van der Waals surface area contributed by atoms with Gasteiger partial charge in [-0.25, -0.2) is 8.78 Å². The second-order valence-electron chi connectivity index (χ2n) is 5.73. The van der Waals surface area contributed by atoms with Crippen LogP contribution in [-0.4, -0.2) is 5.78 Å². The molecule has 3 heteroatoms. The second kappa shape index (κ2) is 4.15. The third-order valence-corrected chi connectivity index (χ3v) is 4.59. The Bertz CT molecular complexity index is 509. The summed E-state index contributed by atoms with van der Waals surface area (Å²) in [5, 5.41) is 0. The Morgan fingerprint density at radius 2 is 1.94 bits per heavy atom. The van der Waals surface area contributed by atoms with Crippen molar-refractivity contribution >= 4 is 5.78 Å². The summed E-state index contributed by atoms with van der Waals surface area (Å²) in [6.45, 7) is 1.56. The first-order valence-corrected chi connectivity index (χ1v) is 6.56. The van der Waals surface area contributed by atoms with Crippen LogP contribution in [0.2, 0.25) is 0 Å². The quantitative estimate of drug-likeness (QED) is 0.728. The number of benzene rings is 1. The maximum atomic E-state index is 13.7. The van der Waals surface area contributed by atoms with Gasteiger partial charge in [0, 0.05) is 12.0 Å². The topological polar surface area (TPSA) is 17.1 Å². The molecule has 3 rings (SSSR count). The van der Waals surface area contributed by atoms with E-state index in [1.807, 2.05) is 0 Å². The van der Waals surface area contributed by atoms with Gasteiger partial charge in [-0.3, -0.25) is 4.79 Å². The van der Waals surface area contributed by atoms with E-state index in [2.05, 4.69) is 0 Å². The molecule has 0 spiro atoms. The molecule has 2 bridgehead atoms. The summed E-state index contributed by atoms with van der Waals surface area (Å²) >= 11 is 0. The molecule has 0 aliphatic heterocycles. The first-order chi connectivity index (χ1) is 8.56. The summed E-state index contributed by atoms with van der Waals surface area (Å²) in [5.41, 5.74) is 0.411. The lowest BCUT2D eigenvalue weighted by molar-refractivity contribution is 0.0870. The molecular weight excluding hydrogens is 234 g/mol. The van der Waals surface area contributed by atoms with Gasteiger partial charge in [0.2, 0.25) is 0 Å². The number of carbonyl (C=O) groups excluding carboxylic acids is 1. The minimum absolute atomic E-state index is 0.0388. The highest BCUT2D eigenvalue weighted by atomic mass is 19.1. The van der Waals surface area contributed by atoms with Crippen molar-refractivity contribution in [2.24, 2.45) is 17.8 Å². The van der Waals surface area contributed by atoms with Gasteiger partial charge in [0.25, 0.3) is 0 Å². The maximum absolute atomic E-state index is 13.7. The minimum atomic E-state index is -0.717. The van der Waals surface area contributed by atoms with Crippen LogP contribution in [0.15, 0.2) is 12.1 Å². The Labute approximate surface area is 105 Å². The highest BCUT2D eigenvalue weighted by Gasteiger charge is 2.43. The molecule has 0 aromatic heterocycles. The standard InChI is InChI=1S/C15H16F2O/c1-8-4-12(14(17)7-13(8)16)15(18)11-6-9-2-3-10(11)5-9/h4,7,9-11H,2-3,5-6H2,1H3. The van der Waals surface area contributed by atoms with E-state index in [4.69, 9.17) is 0 Å². The molecule has 2 aliphatic rings. The van der Waals surface area contributed by atoms with E-state index in [1.165, 1.54) is 12.5 Å². The Kier molecular flexibility index (Phi) is 2.72. The van der Waals surface area contributed by atoms with Gasteiger partial charge >= 0.3 is 0 Å². The zero-order chi connectivity index (χ0) is 12.9. The van der Waals surface area contributed by atoms with Gasteiger partial charge < -0.3 is 0 Å². The molecule has 3 atom stereocenters. The van der Waals surface area contributed by atoms with Crippen molar-refractivity contribution in [2.45, 2.75) is 32.6 Å². The van der Waals surface area contributed by atoms with Gasteiger partial charge in [-0.15, -0.1) is 0 Å². The van der Waals surface area contributed by atoms with Gasteiger partial charge in [-0.1, -0.05) is 6.42 Å². The molecule has 0 heterocycles. The number of carbonyl (C=O) groups is 1. The minimum Gasteiger partial charge on any atom is -0.294 e. The summed E-state index contributed by atoms with van der Waals surface area (Å²) in [6, 6.07) is 2.19. The Balaban J connectivity index is 1.91. The fraction of sp³-hybridized carbons (Fsp3) is 0.533. The van der Waals surface area contributed by atoms with Crippen LogP contribution in [0, 0.1) is 36.3 Å². The van der Waals surface area contributed by atoms with E-state index in [-0.39, 0.29) is 17.3 Å². The van der Waals surface area contributed by atoms with Crippen LogP contribution in [0.5, 0.6) is 0 Å². The monoisotopic (exact) mass is 250 g/mol. The SMILES string of the molecule is Cc1cc(C(=O)C2CC3CCC2C3)c(F)cc1F. The predicted octanol–water partition coefficient (Wildman–Crippen LogP) is 3.89. The smallest absolute Gasteiger partial charge is 0.169 e. The van der Waals surface area contributed by atoms with Crippen molar-refractivity contribution in [2.75, 3.05) is 0 Å². The summed E-state index contributed by atoms with van der Waals surface area (Å²) in [7, 11) is 0. The fourth-order valence-corrected chi connectivity index (χ4v) is 3.61. The summed E-state index contributed by atoms with van der Waals surface area (Å²) in [5.74, 6) is -0.394. The van der Waals surface area contributed by atoms with Gasteiger partial charge in [0.05, 0.1) is 5.56 Å². The van der Waals surface area contributed by atoms with Crippen LogP contribution >= 0.6 is 0 Å². The first-order valence-electron chi connectivity index (χ1n) is 6.56. The van der Waals surface area contributed by atoms with E-state index in [0.29, 0.717) is 17.4 Å². The van der Waals surface area contributed by atoms with Crippen LogP contribution in [0.25, 0.3) is 0 Å². The number of hydrogen-bond acceptors (Lipinski definition) is 1. The lowest BCUT2D eigenvalue weighted by Gasteiger charge is -2.20. The Hall–Kier alpha value is -1.25. The average molecular weight is 250 g/mol. The summed E-state index contributed by atoms with van der Waals surface area (Å²) in [4.78, 5) is 12.4. The first kappa shape index (κ1) is 11.8. The molecule has 1 aromatic carbocycles. The molecule has 2 fully saturated rings. The van der Waals surface area contributed by atoms with Crippen molar-refractivity contribution in [1.82, 2.24) is 0 Å². The number of rotatable bonds is 2. The molecular formula is C15H16F2O. The average Bonchev–Trinajstić information content (AvgIpc) is 2.95. The molecule has 0 radical (unpaired) electrons.